The molecule has 2 aromatic carbocycles. The van der Waals surface area contributed by atoms with E-state index in [0.717, 1.165) is 0 Å². The zero-order valence-corrected chi connectivity index (χ0v) is 20.1. The molecule has 0 bridgehead atoms. The Balaban J connectivity index is 1.42. The van der Waals surface area contributed by atoms with E-state index in [2.05, 4.69) is 84.3 Å². The molecule has 0 aliphatic carbocycles. The SMILES string of the molecule is CC(C)(C)[Si](OC[C@@H]1CO[C@H](n2cnc3cncnc32)O1)(c1ccccc1)c1ccccc1. The van der Waals surface area contributed by atoms with Crippen molar-refractivity contribution in [3.8, 4) is 0 Å². The molecule has 0 spiro atoms. The summed E-state index contributed by atoms with van der Waals surface area (Å²) in [6.07, 6.45) is 4.07. The molecule has 5 rings (SSSR count). The molecule has 8 heteroatoms. The predicted molar refractivity (Wildman–Crippen MR) is 129 cm³/mol. The third-order valence-electron chi connectivity index (χ3n) is 6.10. The van der Waals surface area contributed by atoms with E-state index in [1.165, 1.54) is 16.7 Å². The summed E-state index contributed by atoms with van der Waals surface area (Å²) in [6, 6.07) is 21.2. The van der Waals surface area contributed by atoms with Crippen molar-refractivity contribution in [2.24, 2.45) is 0 Å². The number of rotatable bonds is 6. The molecule has 2 atom stereocenters. The summed E-state index contributed by atoms with van der Waals surface area (Å²) in [4.78, 5) is 12.7. The van der Waals surface area contributed by atoms with Crippen molar-refractivity contribution in [3.05, 3.63) is 79.5 Å². The predicted octanol–water partition coefficient (Wildman–Crippen LogP) is 3.27. The monoisotopic (exact) mass is 460 g/mol. The van der Waals surface area contributed by atoms with E-state index in [-0.39, 0.29) is 11.1 Å². The molecule has 0 N–H and O–H groups in total. The lowest BCUT2D eigenvalue weighted by Crippen LogP contribution is -2.67. The summed E-state index contributed by atoms with van der Waals surface area (Å²) in [5.41, 5.74) is 1.39. The van der Waals surface area contributed by atoms with Crippen LogP contribution in [0.2, 0.25) is 5.04 Å². The molecule has 170 valence electrons. The first-order chi connectivity index (χ1) is 16.0. The maximum Gasteiger partial charge on any atom is 0.261 e. The fourth-order valence-electron chi connectivity index (χ4n) is 4.58. The lowest BCUT2D eigenvalue weighted by atomic mass is 10.2. The van der Waals surface area contributed by atoms with Crippen LogP contribution in [0.3, 0.4) is 0 Å². The molecule has 1 aliphatic rings. The van der Waals surface area contributed by atoms with Crippen LogP contribution in [0.1, 0.15) is 27.2 Å². The van der Waals surface area contributed by atoms with E-state index in [1.807, 2.05) is 12.1 Å². The molecule has 1 fully saturated rings. The Morgan fingerprint density at radius 3 is 2.30 bits per heavy atom. The highest BCUT2D eigenvalue weighted by Gasteiger charge is 2.50. The number of imidazole rings is 1. The number of hydrogen-bond donors (Lipinski definition) is 0. The first-order valence-corrected chi connectivity index (χ1v) is 13.0. The minimum Gasteiger partial charge on any atom is -0.405 e. The van der Waals surface area contributed by atoms with Gasteiger partial charge in [0, 0.05) is 0 Å². The molecular weight excluding hydrogens is 432 g/mol. The smallest absolute Gasteiger partial charge is 0.261 e. The van der Waals surface area contributed by atoms with Gasteiger partial charge in [0.2, 0.25) is 6.41 Å². The Morgan fingerprint density at radius 1 is 1.00 bits per heavy atom. The van der Waals surface area contributed by atoms with Crippen molar-refractivity contribution >= 4 is 29.9 Å². The molecule has 7 nitrogen and oxygen atoms in total. The molecule has 1 saturated heterocycles. The largest absolute Gasteiger partial charge is 0.405 e. The summed E-state index contributed by atoms with van der Waals surface area (Å²) in [6.45, 7) is 7.68. The third-order valence-corrected chi connectivity index (χ3v) is 11.1. The Kier molecular flexibility index (Phi) is 5.84. The van der Waals surface area contributed by atoms with Crippen molar-refractivity contribution in [2.45, 2.75) is 38.3 Å². The van der Waals surface area contributed by atoms with Crippen molar-refractivity contribution in [1.29, 1.82) is 0 Å². The zero-order valence-electron chi connectivity index (χ0n) is 19.1. The molecule has 33 heavy (non-hydrogen) atoms. The van der Waals surface area contributed by atoms with E-state index in [1.54, 1.807) is 17.1 Å². The molecule has 0 radical (unpaired) electrons. The Morgan fingerprint density at radius 2 is 1.67 bits per heavy atom. The molecule has 0 saturated carbocycles. The van der Waals surface area contributed by atoms with Crippen LogP contribution in [-0.4, -0.2) is 47.2 Å². The minimum absolute atomic E-state index is 0.0912. The topological polar surface area (TPSA) is 71.3 Å². The Bertz CT molecular complexity index is 1170. The van der Waals surface area contributed by atoms with Gasteiger partial charge in [-0.1, -0.05) is 81.4 Å². The quantitative estimate of drug-likeness (QED) is 0.411. The van der Waals surface area contributed by atoms with E-state index < -0.39 is 14.7 Å². The van der Waals surface area contributed by atoms with Crippen LogP contribution < -0.4 is 10.4 Å². The Hall–Kier alpha value is -2.91. The van der Waals surface area contributed by atoms with Crippen LogP contribution in [0.5, 0.6) is 0 Å². The highest BCUT2D eigenvalue weighted by molar-refractivity contribution is 6.99. The van der Waals surface area contributed by atoms with E-state index in [0.29, 0.717) is 24.4 Å². The van der Waals surface area contributed by atoms with Gasteiger partial charge in [-0.15, -0.1) is 0 Å². The van der Waals surface area contributed by atoms with Crippen molar-refractivity contribution < 1.29 is 13.9 Å². The maximum absolute atomic E-state index is 6.99. The fraction of sp³-hybridized carbons (Fsp3) is 0.320. The van der Waals surface area contributed by atoms with Gasteiger partial charge in [0.05, 0.1) is 19.4 Å². The van der Waals surface area contributed by atoms with Gasteiger partial charge in [-0.05, 0) is 15.4 Å². The lowest BCUT2D eigenvalue weighted by Gasteiger charge is -2.43. The van der Waals surface area contributed by atoms with E-state index in [4.69, 9.17) is 13.9 Å². The fourth-order valence-corrected chi connectivity index (χ4v) is 9.18. The second kappa shape index (κ2) is 8.79. The summed E-state index contributed by atoms with van der Waals surface area (Å²) in [5, 5.41) is 2.40. The maximum atomic E-state index is 6.99. The van der Waals surface area contributed by atoms with Crippen molar-refractivity contribution in [2.75, 3.05) is 13.2 Å². The van der Waals surface area contributed by atoms with Gasteiger partial charge in [-0.3, -0.25) is 4.57 Å². The Labute approximate surface area is 194 Å². The van der Waals surface area contributed by atoms with Gasteiger partial charge < -0.3 is 13.9 Å². The molecule has 0 amide bonds. The van der Waals surface area contributed by atoms with E-state index >= 15 is 0 Å². The van der Waals surface area contributed by atoms with E-state index in [9.17, 15) is 0 Å². The number of benzene rings is 2. The highest BCUT2D eigenvalue weighted by Crippen LogP contribution is 2.37. The number of ether oxygens (including phenoxy) is 2. The molecule has 1 aliphatic heterocycles. The summed E-state index contributed by atoms with van der Waals surface area (Å²) < 4.78 is 21.0. The van der Waals surface area contributed by atoms with Crippen LogP contribution in [0, 0.1) is 0 Å². The van der Waals surface area contributed by atoms with Gasteiger partial charge in [-0.25, -0.2) is 15.0 Å². The molecular formula is C25H28N4O3Si. The number of aromatic nitrogens is 4. The van der Waals surface area contributed by atoms with Gasteiger partial charge in [0.1, 0.15) is 24.3 Å². The molecule has 3 heterocycles. The van der Waals surface area contributed by atoms with Crippen LogP contribution >= 0.6 is 0 Å². The standard InChI is InChI=1S/C25H28N4O3Si/c1-25(2,3)33(20-10-6-4-7-11-20,21-12-8-5-9-13-21)31-16-19-15-30-24(32-19)29-18-28-22-14-26-17-27-23(22)29/h4-14,17-19,24H,15-16H2,1-3H3/t19-,24-/m0/s1. The zero-order chi connectivity index (χ0) is 22.9. The van der Waals surface area contributed by atoms with Crippen LogP contribution in [-0.2, 0) is 13.9 Å². The highest BCUT2D eigenvalue weighted by atomic mass is 28.4. The summed E-state index contributed by atoms with van der Waals surface area (Å²) in [7, 11) is -2.62. The summed E-state index contributed by atoms with van der Waals surface area (Å²) >= 11 is 0. The first-order valence-electron chi connectivity index (χ1n) is 11.1. The van der Waals surface area contributed by atoms with Crippen LogP contribution in [0.25, 0.3) is 11.2 Å². The molecule has 4 aromatic rings. The van der Waals surface area contributed by atoms with Gasteiger partial charge in [0.25, 0.3) is 8.32 Å². The van der Waals surface area contributed by atoms with Crippen LogP contribution in [0.15, 0.2) is 79.5 Å². The molecule has 2 aromatic heterocycles. The number of nitrogens with zero attached hydrogens (tertiary/aromatic N) is 4. The average molecular weight is 461 g/mol. The number of hydrogen-bond acceptors (Lipinski definition) is 6. The van der Waals surface area contributed by atoms with Gasteiger partial charge in [0.15, 0.2) is 5.65 Å². The third kappa shape index (κ3) is 4.00. The van der Waals surface area contributed by atoms with Crippen molar-refractivity contribution in [1.82, 2.24) is 19.5 Å². The lowest BCUT2D eigenvalue weighted by molar-refractivity contribution is -0.116. The average Bonchev–Trinajstić information content (AvgIpc) is 3.47. The van der Waals surface area contributed by atoms with Gasteiger partial charge in [-0.2, -0.15) is 0 Å². The van der Waals surface area contributed by atoms with Gasteiger partial charge >= 0.3 is 0 Å². The minimum atomic E-state index is -2.62. The van der Waals surface area contributed by atoms with Crippen molar-refractivity contribution in [3.63, 3.8) is 0 Å². The first kappa shape index (κ1) is 21.9. The second-order valence-corrected chi connectivity index (χ2v) is 13.6. The normalized spacial score (nSPS) is 19.2. The molecule has 0 unspecified atom stereocenters. The van der Waals surface area contributed by atoms with Crippen LogP contribution in [0.4, 0.5) is 0 Å². The second-order valence-electron chi connectivity index (χ2n) is 9.26. The number of fused-ring (bicyclic) bond motifs is 1. The summed E-state index contributed by atoms with van der Waals surface area (Å²) in [5.74, 6) is 0.